The van der Waals surface area contributed by atoms with Gasteiger partial charge >= 0.3 is 13.9 Å². The Morgan fingerprint density at radius 1 is 1.39 bits per heavy atom. The van der Waals surface area contributed by atoms with Crippen molar-refractivity contribution in [3.8, 4) is 0 Å². The van der Waals surface area contributed by atoms with Gasteiger partial charge in [-0.25, -0.2) is 23.9 Å². The number of hydrogen-bond acceptors (Lipinski definition) is 11. The lowest BCUT2D eigenvalue weighted by molar-refractivity contribution is -0.190. The molecule has 2 aromatic rings. The molecular weight excluding hydrogens is 455 g/mol. The number of imidazole rings is 1. The summed E-state index contributed by atoms with van der Waals surface area (Å²) in [6.07, 6.45) is -0.300. The fourth-order valence-corrected chi connectivity index (χ4v) is 4.81. The zero-order valence-corrected chi connectivity index (χ0v) is 18.0. The number of primary amides is 1. The van der Waals surface area contributed by atoms with Crippen molar-refractivity contribution in [2.75, 3.05) is 6.61 Å². The van der Waals surface area contributed by atoms with E-state index in [1.54, 1.807) is 13.8 Å². The van der Waals surface area contributed by atoms with Crippen molar-refractivity contribution in [3.63, 3.8) is 0 Å². The second-order valence-corrected chi connectivity index (χ2v) is 9.45. The Balaban J connectivity index is 1.45. The highest BCUT2D eigenvalue weighted by atomic mass is 32.1. The van der Waals surface area contributed by atoms with Gasteiger partial charge in [0.15, 0.2) is 5.79 Å². The standard InChI is InChI=1S/C16H19N4O9PS/c1-16(2)27-10-9(5-25-30(23,24)29-15(22)20-4-3-18-7-20)26-12(11(10)28-16)14-19-8(6-31-14)13(17)21/h3-4,6-7,9-12H,5H2,1-2H3,(H2,17,21)(H,23,24)/t9-,10-,11-,12-/m1/s1. The lowest BCUT2D eigenvalue weighted by Crippen LogP contribution is -2.32. The number of rotatable bonds is 6. The van der Waals surface area contributed by atoms with E-state index in [4.69, 9.17) is 24.5 Å². The van der Waals surface area contributed by atoms with Crippen molar-refractivity contribution >= 4 is 31.2 Å². The molecule has 1 amide bonds. The maximum absolute atomic E-state index is 12.2. The molecule has 0 spiro atoms. The first-order chi connectivity index (χ1) is 14.5. The van der Waals surface area contributed by atoms with Crippen LogP contribution in [0.3, 0.4) is 0 Å². The Morgan fingerprint density at radius 2 is 2.13 bits per heavy atom. The monoisotopic (exact) mass is 474 g/mol. The molecular formula is C16H19N4O9PS. The summed E-state index contributed by atoms with van der Waals surface area (Å²) in [5.74, 6) is -1.63. The van der Waals surface area contributed by atoms with Gasteiger partial charge in [-0.1, -0.05) is 0 Å². The van der Waals surface area contributed by atoms with Crippen molar-refractivity contribution in [1.29, 1.82) is 0 Å². The largest absolute Gasteiger partial charge is 0.530 e. The van der Waals surface area contributed by atoms with Crippen molar-refractivity contribution in [2.45, 2.75) is 44.1 Å². The summed E-state index contributed by atoms with van der Waals surface area (Å²) in [5, 5.41) is 1.93. The number of ether oxygens (including phenoxy) is 3. The Labute approximate surface area is 179 Å². The van der Waals surface area contributed by atoms with E-state index in [1.165, 1.54) is 17.8 Å². The fraction of sp³-hybridized carbons (Fsp3) is 0.500. The van der Waals surface area contributed by atoms with Gasteiger partial charge in [0.25, 0.3) is 5.91 Å². The lowest BCUT2D eigenvalue weighted by Gasteiger charge is -2.23. The summed E-state index contributed by atoms with van der Waals surface area (Å²) in [4.78, 5) is 40.9. The van der Waals surface area contributed by atoms with Crippen LogP contribution in [0, 0.1) is 0 Å². The molecule has 2 aromatic heterocycles. The van der Waals surface area contributed by atoms with Crippen LogP contribution in [0.4, 0.5) is 4.79 Å². The van der Waals surface area contributed by atoms with Crippen LogP contribution in [0.5, 0.6) is 0 Å². The van der Waals surface area contributed by atoms with Crippen LogP contribution in [0.25, 0.3) is 0 Å². The number of fused-ring (bicyclic) bond motifs is 1. The summed E-state index contributed by atoms with van der Waals surface area (Å²) in [7, 11) is -4.76. The number of hydrogen-bond donors (Lipinski definition) is 2. The molecule has 4 rings (SSSR count). The van der Waals surface area contributed by atoms with E-state index in [0.29, 0.717) is 5.01 Å². The number of aromatic nitrogens is 3. The van der Waals surface area contributed by atoms with Crippen LogP contribution in [-0.4, -0.2) is 62.1 Å². The number of amides is 1. The molecule has 15 heteroatoms. The molecule has 2 fully saturated rings. The van der Waals surface area contributed by atoms with Crippen LogP contribution in [0.1, 0.15) is 35.4 Å². The van der Waals surface area contributed by atoms with E-state index in [-0.39, 0.29) is 5.69 Å². The lowest BCUT2D eigenvalue weighted by atomic mass is 10.1. The van der Waals surface area contributed by atoms with E-state index in [9.17, 15) is 19.0 Å². The van der Waals surface area contributed by atoms with E-state index in [0.717, 1.165) is 22.2 Å². The van der Waals surface area contributed by atoms with Gasteiger partial charge in [0, 0.05) is 17.8 Å². The Bertz CT molecular complexity index is 1030. The molecule has 1 unspecified atom stereocenters. The summed E-state index contributed by atoms with van der Waals surface area (Å²) < 4.78 is 40.2. The van der Waals surface area contributed by atoms with Crippen LogP contribution >= 0.6 is 19.2 Å². The highest BCUT2D eigenvalue weighted by Crippen LogP contribution is 2.49. The zero-order chi connectivity index (χ0) is 22.4. The van der Waals surface area contributed by atoms with Crippen molar-refractivity contribution < 1.29 is 42.3 Å². The van der Waals surface area contributed by atoms with Crippen LogP contribution < -0.4 is 5.73 Å². The van der Waals surface area contributed by atoms with Crippen LogP contribution in [0.15, 0.2) is 24.1 Å². The van der Waals surface area contributed by atoms with Gasteiger partial charge in [-0.05, 0) is 13.8 Å². The molecule has 2 saturated heterocycles. The molecule has 0 aliphatic carbocycles. The van der Waals surface area contributed by atoms with E-state index >= 15 is 0 Å². The number of thiazole rings is 1. The molecule has 5 atom stereocenters. The molecule has 13 nitrogen and oxygen atoms in total. The summed E-state index contributed by atoms with van der Waals surface area (Å²) in [6, 6.07) is 0. The highest BCUT2D eigenvalue weighted by molar-refractivity contribution is 7.48. The van der Waals surface area contributed by atoms with Gasteiger partial charge in [0.05, 0.1) is 6.61 Å². The average molecular weight is 474 g/mol. The van der Waals surface area contributed by atoms with Gasteiger partial charge in [-0.15, -0.1) is 11.3 Å². The van der Waals surface area contributed by atoms with Crippen molar-refractivity contribution in [3.05, 3.63) is 34.8 Å². The number of nitrogens with two attached hydrogens (primary N) is 1. The number of carbonyl (C=O) groups excluding carboxylic acids is 2. The molecule has 0 radical (unpaired) electrons. The van der Waals surface area contributed by atoms with Gasteiger partial charge in [0.2, 0.25) is 0 Å². The van der Waals surface area contributed by atoms with E-state index in [2.05, 4.69) is 14.5 Å². The first kappa shape index (κ1) is 22.0. The first-order valence-electron chi connectivity index (χ1n) is 9.00. The summed E-state index contributed by atoms with van der Waals surface area (Å²) in [5.41, 5.74) is 5.34. The SMILES string of the molecule is CC1(C)O[C@@H]2[C@H](O1)[C@@H](COP(=O)(O)OC(=O)n1ccnc1)O[C@H]2c1nc(C(N)=O)cs1. The minimum Gasteiger partial charge on any atom is -0.364 e. The molecule has 3 N–H and O–H groups in total. The smallest absolute Gasteiger partial charge is 0.364 e. The van der Waals surface area contributed by atoms with Gasteiger partial charge in [-0.2, -0.15) is 0 Å². The molecule has 4 heterocycles. The highest BCUT2D eigenvalue weighted by Gasteiger charge is 2.56. The molecule has 31 heavy (non-hydrogen) atoms. The Hall–Kier alpha value is -2.19. The van der Waals surface area contributed by atoms with Crippen molar-refractivity contribution in [2.24, 2.45) is 5.73 Å². The number of nitrogens with zero attached hydrogens (tertiary/aromatic N) is 3. The quantitative estimate of drug-likeness (QED) is 0.576. The molecule has 2 aliphatic heterocycles. The first-order valence-corrected chi connectivity index (χ1v) is 11.4. The minimum absolute atomic E-state index is 0.0873. The molecule has 168 valence electrons. The zero-order valence-electron chi connectivity index (χ0n) is 16.3. The van der Waals surface area contributed by atoms with Crippen LogP contribution in [-0.2, 0) is 27.8 Å². The number of phosphoric ester groups is 1. The predicted octanol–water partition coefficient (Wildman–Crippen LogP) is 1.20. The maximum atomic E-state index is 12.2. The summed E-state index contributed by atoms with van der Waals surface area (Å²) in [6.45, 7) is 2.98. The van der Waals surface area contributed by atoms with E-state index in [1.807, 2.05) is 0 Å². The third-order valence-electron chi connectivity index (χ3n) is 4.48. The molecule has 2 aliphatic rings. The second-order valence-electron chi connectivity index (χ2n) is 7.19. The molecule has 0 aromatic carbocycles. The fourth-order valence-electron chi connectivity index (χ4n) is 3.25. The van der Waals surface area contributed by atoms with Crippen LogP contribution in [0.2, 0.25) is 0 Å². The topological polar surface area (TPSA) is 174 Å². The third kappa shape index (κ3) is 4.70. The minimum atomic E-state index is -4.76. The average Bonchev–Trinajstić information content (AvgIpc) is 3.43. The molecule has 0 bridgehead atoms. The maximum Gasteiger partial charge on any atom is 0.530 e. The third-order valence-corrected chi connectivity index (χ3v) is 6.25. The van der Waals surface area contributed by atoms with Gasteiger partial charge in [0.1, 0.15) is 41.4 Å². The van der Waals surface area contributed by atoms with Crippen molar-refractivity contribution in [1.82, 2.24) is 14.5 Å². The van der Waals surface area contributed by atoms with Gasteiger partial charge in [-0.3, -0.25) is 14.2 Å². The number of phosphoric acid groups is 1. The number of carbonyl (C=O) groups is 2. The summed E-state index contributed by atoms with van der Waals surface area (Å²) >= 11 is 1.16. The van der Waals surface area contributed by atoms with E-state index < -0.39 is 56.6 Å². The second kappa shape index (κ2) is 8.06. The Morgan fingerprint density at radius 3 is 2.77 bits per heavy atom. The normalized spacial score (nSPS) is 28.7. The van der Waals surface area contributed by atoms with Gasteiger partial charge < -0.3 is 24.5 Å². The molecule has 0 saturated carbocycles. The Kier molecular flexibility index (Phi) is 5.72. The predicted molar refractivity (Wildman–Crippen MR) is 102 cm³/mol.